The number of sulfone groups is 1. The summed E-state index contributed by atoms with van der Waals surface area (Å²) in [4.78, 5) is 18.5. The first-order valence-electron chi connectivity index (χ1n) is 8.26. The number of thioether (sulfide) groups is 1. The maximum absolute atomic E-state index is 12.7. The molecule has 0 radical (unpaired) electrons. The number of aromatic nitrogens is 1. The minimum absolute atomic E-state index is 0.0592. The number of nitrogens with zero attached hydrogens (tertiary/aromatic N) is 2. The second-order valence-electron chi connectivity index (χ2n) is 6.11. The van der Waals surface area contributed by atoms with Crippen LogP contribution in [0, 0.1) is 6.92 Å². The van der Waals surface area contributed by atoms with Gasteiger partial charge in [-0.05, 0) is 38.3 Å². The second-order valence-corrected chi connectivity index (χ2v) is 10.8. The summed E-state index contributed by atoms with van der Waals surface area (Å²) in [5, 5.41) is -0.138. The molecule has 0 bridgehead atoms. The number of hydrogen-bond acceptors (Lipinski definition) is 6. The van der Waals surface area contributed by atoms with Crippen LogP contribution < -0.4 is 0 Å². The molecule has 9 heteroatoms. The van der Waals surface area contributed by atoms with Gasteiger partial charge in [-0.1, -0.05) is 52.4 Å². The first-order valence-corrected chi connectivity index (χ1v) is 11.9. The quantitative estimate of drug-likeness (QED) is 0.669. The summed E-state index contributed by atoms with van der Waals surface area (Å²) in [5.74, 6) is 0.303. The molecule has 1 aromatic carbocycles. The standard InChI is InChI=1S/C17H19ClN2O3S3/c1-12-5-7-13(8-6-12)26(22,23)16-15(18)25-17(19-16)24-11-14(21)20-9-3-2-4-10-20/h5-8H,2-4,9-11H2,1H3. The summed E-state index contributed by atoms with van der Waals surface area (Å²) >= 11 is 8.48. The van der Waals surface area contributed by atoms with Gasteiger partial charge in [-0.15, -0.1) is 0 Å². The molecule has 0 spiro atoms. The van der Waals surface area contributed by atoms with E-state index in [1.807, 2.05) is 11.8 Å². The lowest BCUT2D eigenvalue weighted by Crippen LogP contribution is -2.36. The number of piperidine rings is 1. The molecule has 0 saturated carbocycles. The molecule has 3 rings (SSSR count). The molecule has 1 fully saturated rings. The zero-order valence-electron chi connectivity index (χ0n) is 14.3. The number of aryl methyl sites for hydroxylation is 1. The van der Waals surface area contributed by atoms with Crippen LogP contribution in [0.2, 0.25) is 4.34 Å². The van der Waals surface area contributed by atoms with Gasteiger partial charge >= 0.3 is 0 Å². The van der Waals surface area contributed by atoms with Crippen molar-refractivity contribution < 1.29 is 13.2 Å². The van der Waals surface area contributed by atoms with E-state index in [1.165, 1.54) is 18.2 Å². The number of thiazole rings is 1. The van der Waals surface area contributed by atoms with Gasteiger partial charge in [-0.3, -0.25) is 4.79 Å². The topological polar surface area (TPSA) is 67.3 Å². The summed E-state index contributed by atoms with van der Waals surface area (Å²) in [7, 11) is -3.77. The number of halogens is 1. The fourth-order valence-corrected chi connectivity index (χ4v) is 6.77. The van der Waals surface area contributed by atoms with Crippen molar-refractivity contribution in [2.75, 3.05) is 18.8 Å². The van der Waals surface area contributed by atoms with Crippen molar-refractivity contribution >= 4 is 50.4 Å². The van der Waals surface area contributed by atoms with Gasteiger partial charge < -0.3 is 4.90 Å². The maximum atomic E-state index is 12.7. The highest BCUT2D eigenvalue weighted by Crippen LogP contribution is 2.36. The largest absolute Gasteiger partial charge is 0.342 e. The average molecular weight is 431 g/mol. The van der Waals surface area contributed by atoms with Crippen LogP contribution >= 0.6 is 34.7 Å². The molecule has 2 aromatic rings. The van der Waals surface area contributed by atoms with Gasteiger partial charge in [0.15, 0.2) is 9.37 Å². The van der Waals surface area contributed by atoms with Gasteiger partial charge in [0.2, 0.25) is 15.7 Å². The third-order valence-electron chi connectivity index (χ3n) is 4.15. The van der Waals surface area contributed by atoms with Crippen molar-refractivity contribution in [3.63, 3.8) is 0 Å². The SMILES string of the molecule is Cc1ccc(S(=O)(=O)c2nc(SCC(=O)N3CCCCC3)sc2Cl)cc1. The Hall–Kier alpha value is -1.09. The normalized spacial score (nSPS) is 15.2. The van der Waals surface area contributed by atoms with E-state index in [4.69, 9.17) is 11.6 Å². The highest BCUT2D eigenvalue weighted by Gasteiger charge is 2.26. The van der Waals surface area contributed by atoms with E-state index in [1.54, 1.807) is 24.3 Å². The number of hydrogen-bond donors (Lipinski definition) is 0. The lowest BCUT2D eigenvalue weighted by Gasteiger charge is -2.26. The average Bonchev–Trinajstić information content (AvgIpc) is 3.02. The van der Waals surface area contributed by atoms with E-state index in [0.29, 0.717) is 4.34 Å². The van der Waals surface area contributed by atoms with E-state index in [2.05, 4.69) is 4.98 Å². The molecule has 0 atom stereocenters. The van der Waals surface area contributed by atoms with Gasteiger partial charge in [0.1, 0.15) is 4.34 Å². The molecule has 0 unspecified atom stereocenters. The van der Waals surface area contributed by atoms with Gasteiger partial charge in [-0.2, -0.15) is 0 Å². The van der Waals surface area contributed by atoms with Crippen LogP contribution in [-0.4, -0.2) is 43.1 Å². The van der Waals surface area contributed by atoms with Crippen molar-refractivity contribution in [2.45, 2.75) is 40.4 Å². The molecule has 2 heterocycles. The van der Waals surface area contributed by atoms with Gasteiger partial charge in [0.05, 0.1) is 10.6 Å². The predicted molar refractivity (Wildman–Crippen MR) is 105 cm³/mol. The van der Waals surface area contributed by atoms with Gasteiger partial charge in [0.25, 0.3) is 0 Å². The molecule has 0 N–H and O–H groups in total. The van der Waals surface area contributed by atoms with E-state index in [9.17, 15) is 13.2 Å². The fraction of sp³-hybridized carbons (Fsp3) is 0.412. The number of amides is 1. The summed E-state index contributed by atoms with van der Waals surface area (Å²) in [6.45, 7) is 3.48. The van der Waals surface area contributed by atoms with Crippen LogP contribution in [0.3, 0.4) is 0 Å². The molecule has 140 valence electrons. The van der Waals surface area contributed by atoms with Crippen LogP contribution in [0.4, 0.5) is 0 Å². The zero-order chi connectivity index (χ0) is 18.7. The van der Waals surface area contributed by atoms with E-state index in [-0.39, 0.29) is 25.9 Å². The summed E-state index contributed by atoms with van der Waals surface area (Å²) in [6.07, 6.45) is 3.25. The van der Waals surface area contributed by atoms with Crippen LogP contribution in [0.1, 0.15) is 24.8 Å². The Balaban J connectivity index is 1.72. The van der Waals surface area contributed by atoms with Crippen molar-refractivity contribution in [3.8, 4) is 0 Å². The van der Waals surface area contributed by atoms with Gasteiger partial charge in [0, 0.05) is 13.1 Å². The van der Waals surface area contributed by atoms with Crippen LogP contribution in [-0.2, 0) is 14.6 Å². The van der Waals surface area contributed by atoms with Crippen molar-refractivity contribution in [1.29, 1.82) is 0 Å². The maximum Gasteiger partial charge on any atom is 0.233 e. The molecular weight excluding hydrogens is 412 g/mol. The molecule has 0 aliphatic carbocycles. The van der Waals surface area contributed by atoms with Gasteiger partial charge in [-0.25, -0.2) is 13.4 Å². The number of carbonyl (C=O) groups is 1. The Labute approximate surface area is 166 Å². The lowest BCUT2D eigenvalue weighted by molar-refractivity contribution is -0.129. The number of benzene rings is 1. The Morgan fingerprint density at radius 1 is 1.23 bits per heavy atom. The van der Waals surface area contributed by atoms with Crippen LogP contribution in [0.25, 0.3) is 0 Å². The third-order valence-corrected chi connectivity index (χ3v) is 8.47. The fourth-order valence-electron chi connectivity index (χ4n) is 2.68. The first kappa shape index (κ1) is 19.7. The van der Waals surface area contributed by atoms with E-state index < -0.39 is 9.84 Å². The summed E-state index contributed by atoms with van der Waals surface area (Å²) in [5.41, 5.74) is 0.973. The number of likely N-dealkylation sites (tertiary alicyclic amines) is 1. The van der Waals surface area contributed by atoms with E-state index >= 15 is 0 Å². The lowest BCUT2D eigenvalue weighted by atomic mass is 10.1. The number of rotatable bonds is 5. The molecule has 1 aliphatic heterocycles. The molecule has 5 nitrogen and oxygen atoms in total. The van der Waals surface area contributed by atoms with Crippen molar-refractivity contribution in [3.05, 3.63) is 34.2 Å². The highest BCUT2D eigenvalue weighted by molar-refractivity contribution is 8.01. The minimum Gasteiger partial charge on any atom is -0.342 e. The molecular formula is C17H19ClN2O3S3. The first-order chi connectivity index (χ1) is 12.4. The smallest absolute Gasteiger partial charge is 0.233 e. The van der Waals surface area contributed by atoms with Crippen LogP contribution in [0.5, 0.6) is 0 Å². The number of carbonyl (C=O) groups excluding carboxylic acids is 1. The third kappa shape index (κ3) is 4.42. The Morgan fingerprint density at radius 2 is 1.88 bits per heavy atom. The molecule has 1 aromatic heterocycles. The summed E-state index contributed by atoms with van der Waals surface area (Å²) in [6, 6.07) is 6.57. The predicted octanol–water partition coefficient (Wildman–Crippen LogP) is 4.04. The van der Waals surface area contributed by atoms with Crippen molar-refractivity contribution in [1.82, 2.24) is 9.88 Å². The Bertz CT molecular complexity index is 888. The molecule has 1 saturated heterocycles. The van der Waals surface area contributed by atoms with Crippen LogP contribution in [0.15, 0.2) is 38.5 Å². The van der Waals surface area contributed by atoms with Crippen molar-refractivity contribution in [2.24, 2.45) is 0 Å². The molecule has 1 amide bonds. The molecule has 1 aliphatic rings. The Kier molecular flexibility index (Phi) is 6.27. The van der Waals surface area contributed by atoms with E-state index in [0.717, 1.165) is 42.8 Å². The second kappa shape index (κ2) is 8.29. The molecule has 26 heavy (non-hydrogen) atoms. The highest BCUT2D eigenvalue weighted by atomic mass is 35.5. The monoisotopic (exact) mass is 430 g/mol. The Morgan fingerprint density at radius 3 is 2.54 bits per heavy atom. The minimum atomic E-state index is -3.77. The summed E-state index contributed by atoms with van der Waals surface area (Å²) < 4.78 is 26.1. The zero-order valence-corrected chi connectivity index (χ0v) is 17.5.